The molecule has 2 aromatic rings. The second-order valence-corrected chi connectivity index (χ2v) is 11.4. The summed E-state index contributed by atoms with van der Waals surface area (Å²) < 4.78 is 0. The molecule has 6 heteroatoms. The van der Waals surface area contributed by atoms with Gasteiger partial charge in [-0.05, 0) is 54.5 Å². The quantitative estimate of drug-likeness (QED) is 0.522. The number of nitrogens with zero attached hydrogens (tertiary/aromatic N) is 1. The van der Waals surface area contributed by atoms with Gasteiger partial charge in [0.15, 0.2) is 0 Å². The maximum absolute atomic E-state index is 10.5. The molecule has 0 saturated carbocycles. The van der Waals surface area contributed by atoms with Crippen molar-refractivity contribution in [1.82, 2.24) is 4.90 Å². The van der Waals surface area contributed by atoms with Crippen LogP contribution in [0.2, 0.25) is 0 Å². The van der Waals surface area contributed by atoms with Crippen molar-refractivity contribution in [3.8, 4) is 5.75 Å². The Morgan fingerprint density at radius 1 is 1.08 bits per heavy atom. The maximum atomic E-state index is 10.5. The summed E-state index contributed by atoms with van der Waals surface area (Å²) in [5.74, 6) is 0.441. The fourth-order valence-electron chi connectivity index (χ4n) is 2.57. The third-order valence-corrected chi connectivity index (χ3v) is 5.35. The Hall–Kier alpha value is -0.0757. The normalized spacial score (nSPS) is 11.6. The van der Waals surface area contributed by atoms with Gasteiger partial charge < -0.3 is 10.0 Å². The topological polar surface area (TPSA) is 23.5 Å². The number of aryl methyl sites for hydroxylation is 1. The second kappa shape index (κ2) is 11.1. The summed E-state index contributed by atoms with van der Waals surface area (Å²) in [6.45, 7) is 9.55. The molecule has 1 unspecified atom stereocenters. The van der Waals surface area contributed by atoms with E-state index in [0.717, 1.165) is 17.4 Å². The zero-order valence-corrected chi connectivity index (χ0v) is 20.4. The van der Waals surface area contributed by atoms with Crippen LogP contribution < -0.4 is 10.6 Å². The Labute approximate surface area is 176 Å². The van der Waals surface area contributed by atoms with Gasteiger partial charge in [0.1, 0.15) is 5.75 Å². The standard InChI is InChI=1S/C20H28NOP.2ClH.Ti/c1-14-11-16(20(2,3)4)12-18(19(14)22)23-17-10-8-7-9-15(17)13-21(5)6;;;/h7-12,22-23H,13H2,1-6H3;2*1H;/q;;;+2/p-2. The molecule has 2 aromatic carbocycles. The summed E-state index contributed by atoms with van der Waals surface area (Å²) in [6.07, 6.45) is 0. The van der Waals surface area contributed by atoms with Gasteiger partial charge in [0.25, 0.3) is 0 Å². The molecule has 0 aliphatic rings. The molecule has 0 bridgehead atoms. The average Bonchev–Trinajstić information content (AvgIpc) is 2.52. The first-order valence-electron chi connectivity index (χ1n) is 8.40. The number of benzene rings is 2. The molecular weight excluding hydrogens is 420 g/mol. The summed E-state index contributed by atoms with van der Waals surface area (Å²) >= 11 is -0.556. The van der Waals surface area contributed by atoms with Crippen molar-refractivity contribution in [2.45, 2.75) is 39.7 Å². The van der Waals surface area contributed by atoms with Crippen LogP contribution >= 0.6 is 27.2 Å². The van der Waals surface area contributed by atoms with Crippen molar-refractivity contribution in [2.24, 2.45) is 0 Å². The molecule has 1 atom stereocenters. The molecule has 26 heavy (non-hydrogen) atoms. The molecule has 0 spiro atoms. The van der Waals surface area contributed by atoms with Crippen molar-refractivity contribution in [3.05, 3.63) is 53.1 Å². The van der Waals surface area contributed by atoms with Crippen LogP contribution in [0.4, 0.5) is 0 Å². The molecule has 0 fully saturated rings. The zero-order valence-electron chi connectivity index (χ0n) is 16.3. The molecule has 0 amide bonds. The van der Waals surface area contributed by atoms with Gasteiger partial charge in [-0.2, -0.15) is 0 Å². The number of phenolic OH excluding ortho intramolecular Hbond substituents is 1. The van der Waals surface area contributed by atoms with Gasteiger partial charge >= 0.3 is 35.6 Å². The van der Waals surface area contributed by atoms with E-state index in [-0.39, 0.29) is 5.41 Å². The van der Waals surface area contributed by atoms with Crippen molar-refractivity contribution in [2.75, 3.05) is 14.1 Å². The van der Waals surface area contributed by atoms with E-state index in [2.05, 4.69) is 76.2 Å². The molecule has 0 heterocycles. The predicted molar refractivity (Wildman–Crippen MR) is 115 cm³/mol. The van der Waals surface area contributed by atoms with E-state index in [0.29, 0.717) is 14.3 Å². The van der Waals surface area contributed by atoms with Crippen LogP contribution in [0.15, 0.2) is 36.4 Å². The molecule has 1 N–H and O–H groups in total. The van der Waals surface area contributed by atoms with Gasteiger partial charge in [0.2, 0.25) is 0 Å². The fourth-order valence-corrected chi connectivity index (χ4v) is 3.91. The second-order valence-electron chi connectivity index (χ2n) is 7.53. The molecule has 2 nitrogen and oxygen atoms in total. The van der Waals surface area contributed by atoms with E-state index in [4.69, 9.17) is 18.6 Å². The molecule has 142 valence electrons. The van der Waals surface area contributed by atoms with Gasteiger partial charge in [-0.1, -0.05) is 59.7 Å². The van der Waals surface area contributed by atoms with Crippen LogP contribution in [-0.4, -0.2) is 24.1 Å². The third kappa shape index (κ3) is 7.51. The molecule has 0 radical (unpaired) electrons. The summed E-state index contributed by atoms with van der Waals surface area (Å²) in [4.78, 5) is 2.18. The number of phenols is 1. The monoisotopic (exact) mass is 447 g/mol. The van der Waals surface area contributed by atoms with Gasteiger partial charge in [0.05, 0.1) is 0 Å². The molecule has 0 saturated heterocycles. The van der Waals surface area contributed by atoms with Crippen molar-refractivity contribution in [1.29, 1.82) is 0 Å². The van der Waals surface area contributed by atoms with Crippen molar-refractivity contribution in [3.63, 3.8) is 0 Å². The van der Waals surface area contributed by atoms with Crippen LogP contribution in [-0.2, 0) is 29.0 Å². The Morgan fingerprint density at radius 2 is 1.65 bits per heavy atom. The fraction of sp³-hybridized carbons (Fsp3) is 0.400. The molecule has 0 aliphatic carbocycles. The van der Waals surface area contributed by atoms with Gasteiger partial charge in [-0.25, -0.2) is 0 Å². The van der Waals surface area contributed by atoms with E-state index < -0.39 is 17.0 Å². The SMILES string of the molecule is Cc1cc(C(C)(C)C)cc(Pc2ccccc2CN(C)C)c1O.[Cl][Ti][Cl]. The summed E-state index contributed by atoms with van der Waals surface area (Å²) in [7, 11) is 14.4. The third-order valence-electron chi connectivity index (χ3n) is 3.94. The summed E-state index contributed by atoms with van der Waals surface area (Å²) in [5, 5.41) is 12.9. The van der Waals surface area contributed by atoms with Gasteiger partial charge in [0, 0.05) is 11.8 Å². The first kappa shape index (κ1) is 24.0. The van der Waals surface area contributed by atoms with E-state index >= 15 is 0 Å². The number of hydrogen-bond acceptors (Lipinski definition) is 2. The Balaban J connectivity index is 0.00000105. The zero-order chi connectivity index (χ0) is 19.9. The van der Waals surface area contributed by atoms with Crippen LogP contribution in [0.5, 0.6) is 5.75 Å². The summed E-state index contributed by atoms with van der Waals surface area (Å²) in [5.41, 5.74) is 3.65. The molecule has 0 aromatic heterocycles. The molecular formula is C20H28Cl2NOPTi. The van der Waals surface area contributed by atoms with Crippen LogP contribution in [0, 0.1) is 6.92 Å². The Morgan fingerprint density at radius 3 is 2.19 bits per heavy atom. The van der Waals surface area contributed by atoms with E-state index in [1.165, 1.54) is 16.4 Å². The predicted octanol–water partition coefficient (Wildman–Crippen LogP) is 5.07. The van der Waals surface area contributed by atoms with Crippen molar-refractivity contribution < 1.29 is 22.1 Å². The minimum absolute atomic E-state index is 0.0842. The molecule has 0 aliphatic heterocycles. The number of halogens is 2. The Bertz CT molecular complexity index is 717. The number of aromatic hydroxyl groups is 1. The summed E-state index contributed by atoms with van der Waals surface area (Å²) in [6, 6.07) is 12.8. The van der Waals surface area contributed by atoms with Crippen LogP contribution in [0.3, 0.4) is 0 Å². The van der Waals surface area contributed by atoms with Crippen LogP contribution in [0.1, 0.15) is 37.5 Å². The first-order chi connectivity index (χ1) is 12.1. The number of rotatable bonds is 4. The van der Waals surface area contributed by atoms with Gasteiger partial charge in [-0.3, -0.25) is 0 Å². The van der Waals surface area contributed by atoms with Gasteiger partial charge in [-0.15, -0.1) is 0 Å². The Kier molecular flexibility index (Phi) is 10.2. The van der Waals surface area contributed by atoms with E-state index in [1.54, 1.807) is 0 Å². The molecule has 2 rings (SSSR count). The first-order valence-corrected chi connectivity index (χ1v) is 13.7. The average molecular weight is 448 g/mol. The minimum atomic E-state index is -0.556. The van der Waals surface area contributed by atoms with Crippen molar-refractivity contribution >= 4 is 37.8 Å². The van der Waals surface area contributed by atoms with Crippen LogP contribution in [0.25, 0.3) is 0 Å². The number of hydrogen-bond donors (Lipinski definition) is 1. The van der Waals surface area contributed by atoms with E-state index in [9.17, 15) is 5.11 Å². The van der Waals surface area contributed by atoms with E-state index in [1.807, 2.05) is 6.92 Å².